The van der Waals surface area contributed by atoms with Gasteiger partial charge in [0.2, 0.25) is 0 Å². The summed E-state index contributed by atoms with van der Waals surface area (Å²) in [5, 5.41) is 0. The van der Waals surface area contributed by atoms with Gasteiger partial charge in [0.05, 0.1) is 11.8 Å². The minimum Gasteiger partial charge on any atom is -0.383 e. The molecule has 0 bridgehead atoms. The van der Waals surface area contributed by atoms with E-state index in [1.807, 2.05) is 0 Å². The van der Waals surface area contributed by atoms with E-state index in [9.17, 15) is 9.18 Å². The van der Waals surface area contributed by atoms with Gasteiger partial charge >= 0.3 is 0 Å². The summed E-state index contributed by atoms with van der Waals surface area (Å²) >= 11 is 0. The van der Waals surface area contributed by atoms with Gasteiger partial charge in [0.25, 0.3) is 5.91 Å². The molecule has 5 nitrogen and oxygen atoms in total. The number of aromatic nitrogens is 1. The highest BCUT2D eigenvalue weighted by Gasteiger charge is 2.29. The molecule has 0 radical (unpaired) electrons. The van der Waals surface area contributed by atoms with E-state index in [0.29, 0.717) is 13.1 Å². The molecule has 2 rings (SSSR count). The Balaban J connectivity index is 2.07. The maximum Gasteiger partial charge on any atom is 0.257 e. The zero-order valence-electron chi connectivity index (χ0n) is 12.2. The number of hydrogen-bond acceptors (Lipinski definition) is 4. The molecular formula is C14H21FN4O. The Morgan fingerprint density at radius 1 is 1.30 bits per heavy atom. The van der Waals surface area contributed by atoms with Gasteiger partial charge in [0, 0.05) is 31.7 Å². The number of carbonyl (C=O) groups excluding carboxylic acids is 1. The molecule has 110 valence electrons. The molecule has 1 amide bonds. The summed E-state index contributed by atoms with van der Waals surface area (Å²) in [6.45, 7) is 9.30. The van der Waals surface area contributed by atoms with Gasteiger partial charge in [-0.25, -0.2) is 9.37 Å². The standard InChI is InChI=1S/C14H21FN4O/c1-14(2,3)19-6-4-18(5-7-19)13(20)11-8-10(15)9-17-12(11)16/h8-9H,4-7H2,1-3H3,(H2,16,17). The molecule has 6 heteroatoms. The highest BCUT2D eigenvalue weighted by atomic mass is 19.1. The molecule has 2 heterocycles. The number of piperazine rings is 1. The van der Waals surface area contributed by atoms with Gasteiger partial charge in [0.15, 0.2) is 0 Å². The van der Waals surface area contributed by atoms with Crippen molar-refractivity contribution in [1.29, 1.82) is 0 Å². The Labute approximate surface area is 118 Å². The lowest BCUT2D eigenvalue weighted by Crippen LogP contribution is -2.54. The molecule has 1 aromatic heterocycles. The fraction of sp³-hybridized carbons (Fsp3) is 0.571. The van der Waals surface area contributed by atoms with Gasteiger partial charge in [-0.3, -0.25) is 9.69 Å². The Bertz CT molecular complexity index is 504. The van der Waals surface area contributed by atoms with Gasteiger partial charge in [-0.2, -0.15) is 0 Å². The molecule has 0 spiro atoms. The van der Waals surface area contributed by atoms with Crippen LogP contribution in [0, 0.1) is 5.82 Å². The van der Waals surface area contributed by atoms with Gasteiger partial charge in [-0.1, -0.05) is 0 Å². The zero-order chi connectivity index (χ0) is 14.9. The second-order valence-corrected chi connectivity index (χ2v) is 6.04. The van der Waals surface area contributed by atoms with E-state index in [1.54, 1.807) is 4.90 Å². The average Bonchev–Trinajstić information content (AvgIpc) is 2.40. The summed E-state index contributed by atoms with van der Waals surface area (Å²) in [5.41, 5.74) is 5.90. The lowest BCUT2D eigenvalue weighted by Gasteiger charge is -2.42. The summed E-state index contributed by atoms with van der Waals surface area (Å²) in [7, 11) is 0. The Kier molecular flexibility index (Phi) is 3.94. The van der Waals surface area contributed by atoms with E-state index in [1.165, 1.54) is 0 Å². The van der Waals surface area contributed by atoms with Crippen LogP contribution in [0.4, 0.5) is 10.2 Å². The third-order valence-electron chi connectivity index (χ3n) is 3.63. The fourth-order valence-corrected chi connectivity index (χ4v) is 2.37. The van der Waals surface area contributed by atoms with Crippen molar-refractivity contribution in [2.75, 3.05) is 31.9 Å². The van der Waals surface area contributed by atoms with Crippen LogP contribution in [-0.4, -0.2) is 52.4 Å². The topological polar surface area (TPSA) is 62.5 Å². The van der Waals surface area contributed by atoms with Crippen LogP contribution >= 0.6 is 0 Å². The summed E-state index contributed by atoms with van der Waals surface area (Å²) in [6, 6.07) is 1.15. The predicted molar refractivity (Wildman–Crippen MR) is 75.8 cm³/mol. The normalized spacial score (nSPS) is 17.3. The number of nitrogen functional groups attached to an aromatic ring is 1. The van der Waals surface area contributed by atoms with Gasteiger partial charge in [-0.15, -0.1) is 0 Å². The number of anilines is 1. The number of halogens is 1. The number of rotatable bonds is 1. The first-order chi connectivity index (χ1) is 9.29. The minimum absolute atomic E-state index is 0.0784. The van der Waals surface area contributed by atoms with Gasteiger partial charge in [0.1, 0.15) is 11.6 Å². The largest absolute Gasteiger partial charge is 0.383 e. The van der Waals surface area contributed by atoms with Crippen molar-refractivity contribution in [1.82, 2.24) is 14.8 Å². The first-order valence-electron chi connectivity index (χ1n) is 6.74. The molecule has 0 atom stereocenters. The molecule has 0 aromatic carbocycles. The molecule has 1 aliphatic rings. The van der Waals surface area contributed by atoms with Crippen molar-refractivity contribution in [2.24, 2.45) is 0 Å². The summed E-state index contributed by atoms with van der Waals surface area (Å²) < 4.78 is 13.2. The van der Waals surface area contributed by atoms with Crippen LogP contribution in [0.2, 0.25) is 0 Å². The highest BCUT2D eigenvalue weighted by Crippen LogP contribution is 2.18. The van der Waals surface area contributed by atoms with Crippen LogP contribution in [-0.2, 0) is 0 Å². The van der Waals surface area contributed by atoms with Crippen LogP contribution in [0.5, 0.6) is 0 Å². The van der Waals surface area contributed by atoms with Crippen molar-refractivity contribution in [3.8, 4) is 0 Å². The Morgan fingerprint density at radius 3 is 2.45 bits per heavy atom. The van der Waals surface area contributed by atoms with Gasteiger partial charge < -0.3 is 10.6 Å². The van der Waals surface area contributed by atoms with Crippen LogP contribution in [0.3, 0.4) is 0 Å². The maximum atomic E-state index is 13.2. The molecule has 1 saturated heterocycles. The molecule has 1 aromatic rings. The average molecular weight is 280 g/mol. The second kappa shape index (κ2) is 5.36. The lowest BCUT2D eigenvalue weighted by molar-refractivity contribution is 0.0451. The Hall–Kier alpha value is -1.69. The second-order valence-electron chi connectivity index (χ2n) is 6.04. The van der Waals surface area contributed by atoms with Crippen LogP contribution in [0.1, 0.15) is 31.1 Å². The number of nitrogens with zero attached hydrogens (tertiary/aromatic N) is 3. The van der Waals surface area contributed by atoms with E-state index >= 15 is 0 Å². The Morgan fingerprint density at radius 2 is 1.90 bits per heavy atom. The summed E-state index contributed by atoms with van der Waals surface area (Å²) in [6.07, 6.45) is 1.02. The van der Waals surface area contributed by atoms with Crippen LogP contribution in [0.15, 0.2) is 12.3 Å². The summed E-state index contributed by atoms with van der Waals surface area (Å²) in [5.74, 6) is -0.714. The number of carbonyl (C=O) groups is 1. The third kappa shape index (κ3) is 3.07. The number of nitrogens with two attached hydrogens (primary N) is 1. The minimum atomic E-state index is -0.545. The van der Waals surface area contributed by atoms with E-state index in [-0.39, 0.29) is 22.8 Å². The molecule has 0 aliphatic carbocycles. The molecule has 1 aliphatic heterocycles. The van der Waals surface area contributed by atoms with Crippen molar-refractivity contribution < 1.29 is 9.18 Å². The maximum absolute atomic E-state index is 13.2. The van der Waals surface area contributed by atoms with Crippen LogP contribution in [0.25, 0.3) is 0 Å². The number of pyridine rings is 1. The number of amides is 1. The SMILES string of the molecule is CC(C)(C)N1CCN(C(=O)c2cc(F)cnc2N)CC1. The van der Waals surface area contributed by atoms with Crippen molar-refractivity contribution in [3.05, 3.63) is 23.6 Å². The molecule has 2 N–H and O–H groups in total. The predicted octanol–water partition coefficient (Wildman–Crippen LogP) is 1.36. The zero-order valence-corrected chi connectivity index (χ0v) is 12.2. The quantitative estimate of drug-likeness (QED) is 0.843. The molecule has 1 fully saturated rings. The monoisotopic (exact) mass is 280 g/mol. The van der Waals surface area contributed by atoms with Crippen molar-refractivity contribution >= 4 is 11.7 Å². The van der Waals surface area contributed by atoms with E-state index < -0.39 is 5.82 Å². The van der Waals surface area contributed by atoms with E-state index in [4.69, 9.17) is 5.73 Å². The molecular weight excluding hydrogens is 259 g/mol. The summed E-state index contributed by atoms with van der Waals surface area (Å²) in [4.78, 5) is 20.1. The van der Waals surface area contributed by atoms with Crippen LogP contribution < -0.4 is 5.73 Å². The van der Waals surface area contributed by atoms with Gasteiger partial charge in [-0.05, 0) is 26.8 Å². The third-order valence-corrected chi connectivity index (χ3v) is 3.63. The molecule has 0 unspecified atom stereocenters. The lowest BCUT2D eigenvalue weighted by atomic mass is 10.0. The van der Waals surface area contributed by atoms with Crippen molar-refractivity contribution in [3.63, 3.8) is 0 Å². The highest BCUT2D eigenvalue weighted by molar-refractivity contribution is 5.98. The smallest absolute Gasteiger partial charge is 0.257 e. The van der Waals surface area contributed by atoms with E-state index in [2.05, 4.69) is 30.7 Å². The fourth-order valence-electron chi connectivity index (χ4n) is 2.37. The molecule has 20 heavy (non-hydrogen) atoms. The number of hydrogen-bond donors (Lipinski definition) is 1. The first-order valence-corrected chi connectivity index (χ1v) is 6.74. The van der Waals surface area contributed by atoms with Crippen molar-refractivity contribution in [2.45, 2.75) is 26.3 Å². The molecule has 0 saturated carbocycles. The first kappa shape index (κ1) is 14.7. The van der Waals surface area contributed by atoms with E-state index in [0.717, 1.165) is 25.4 Å².